The third-order valence-electron chi connectivity index (χ3n) is 5.27. The van der Waals surface area contributed by atoms with Crippen molar-refractivity contribution >= 4 is 27.3 Å². The maximum atomic E-state index is 13.5. The number of halogens is 1. The van der Waals surface area contributed by atoms with Gasteiger partial charge in [0.1, 0.15) is 5.02 Å². The van der Waals surface area contributed by atoms with Crippen LogP contribution in [-0.4, -0.2) is 29.2 Å². The van der Waals surface area contributed by atoms with Crippen LogP contribution in [0.2, 0.25) is 5.02 Å². The third kappa shape index (κ3) is 6.16. The molecule has 0 aliphatic rings. The van der Waals surface area contributed by atoms with E-state index in [2.05, 4.69) is 25.8 Å². The van der Waals surface area contributed by atoms with Crippen molar-refractivity contribution in [1.29, 1.82) is 0 Å². The number of hydrogen-bond acceptors (Lipinski definition) is 5. The number of nitrogens with zero attached hydrogens (tertiary/aromatic N) is 3. The number of hydrogen-bond donors (Lipinski definition) is 0. The molecule has 3 rings (SSSR count). The molecule has 2 aromatic carbocycles. The number of nitro groups is 1. The standard InChI is InChI=1S/C24H26ClN3O4S/c1-24(2,3)19-9-7-18(8-10-19)17-27(15-13-20-6-4-5-14-26-20)33(31,32)21-11-12-22(25)23(16-21)28(29)30/h4-12,14,16H,13,15,17H2,1-3H3. The lowest BCUT2D eigenvalue weighted by Gasteiger charge is -2.23. The van der Waals surface area contributed by atoms with E-state index in [1.807, 2.05) is 36.4 Å². The molecule has 9 heteroatoms. The molecular formula is C24H26ClN3O4S. The summed E-state index contributed by atoms with van der Waals surface area (Å²) in [5.74, 6) is 0. The molecule has 0 fully saturated rings. The van der Waals surface area contributed by atoms with Gasteiger partial charge in [0.25, 0.3) is 5.69 Å². The number of benzene rings is 2. The van der Waals surface area contributed by atoms with Crippen LogP contribution in [0.3, 0.4) is 0 Å². The molecule has 0 saturated heterocycles. The van der Waals surface area contributed by atoms with Gasteiger partial charge < -0.3 is 0 Å². The van der Waals surface area contributed by atoms with E-state index in [1.54, 1.807) is 12.3 Å². The SMILES string of the molecule is CC(C)(C)c1ccc(CN(CCc2ccccn2)S(=O)(=O)c2ccc(Cl)c([N+](=O)[O-])c2)cc1. The van der Waals surface area contributed by atoms with Crippen molar-refractivity contribution in [3.8, 4) is 0 Å². The van der Waals surface area contributed by atoms with Gasteiger partial charge >= 0.3 is 0 Å². The molecule has 33 heavy (non-hydrogen) atoms. The Morgan fingerprint density at radius 2 is 1.76 bits per heavy atom. The Bertz CT molecular complexity index is 1220. The highest BCUT2D eigenvalue weighted by molar-refractivity contribution is 7.89. The predicted octanol–water partition coefficient (Wildman–Crippen LogP) is 5.37. The Kier molecular flexibility index (Phi) is 7.51. The third-order valence-corrected chi connectivity index (χ3v) is 7.44. The van der Waals surface area contributed by atoms with Gasteiger partial charge in [0.05, 0.1) is 9.82 Å². The molecule has 3 aromatic rings. The molecule has 0 unspecified atom stereocenters. The highest BCUT2D eigenvalue weighted by atomic mass is 35.5. The van der Waals surface area contributed by atoms with Crippen molar-refractivity contribution in [2.24, 2.45) is 0 Å². The lowest BCUT2D eigenvalue weighted by Crippen LogP contribution is -2.32. The Morgan fingerprint density at radius 3 is 2.33 bits per heavy atom. The van der Waals surface area contributed by atoms with Crippen molar-refractivity contribution in [3.63, 3.8) is 0 Å². The fraction of sp³-hybridized carbons (Fsp3) is 0.292. The van der Waals surface area contributed by atoms with E-state index < -0.39 is 20.6 Å². The molecular weight excluding hydrogens is 462 g/mol. The second kappa shape index (κ2) is 9.99. The van der Waals surface area contributed by atoms with E-state index in [0.717, 1.165) is 22.9 Å². The minimum atomic E-state index is -4.04. The molecule has 0 spiro atoms. The quantitative estimate of drug-likeness (QED) is 0.314. The molecule has 0 bridgehead atoms. The molecule has 0 radical (unpaired) electrons. The van der Waals surface area contributed by atoms with Gasteiger partial charge in [-0.2, -0.15) is 4.31 Å². The van der Waals surface area contributed by atoms with E-state index in [-0.39, 0.29) is 28.4 Å². The number of nitro benzene ring substituents is 1. The van der Waals surface area contributed by atoms with Crippen LogP contribution in [0, 0.1) is 10.1 Å². The minimum absolute atomic E-state index is 0.0223. The normalized spacial score (nSPS) is 12.2. The Hall–Kier alpha value is -2.81. The maximum Gasteiger partial charge on any atom is 0.289 e. The van der Waals surface area contributed by atoms with Gasteiger partial charge in [-0.1, -0.05) is 62.7 Å². The zero-order chi connectivity index (χ0) is 24.2. The number of aromatic nitrogens is 1. The van der Waals surface area contributed by atoms with Crippen LogP contribution in [0.15, 0.2) is 71.8 Å². The summed E-state index contributed by atoms with van der Waals surface area (Å²) in [5, 5.41) is 11.2. The van der Waals surface area contributed by atoms with Gasteiger partial charge in [0.15, 0.2) is 0 Å². The van der Waals surface area contributed by atoms with Crippen LogP contribution < -0.4 is 0 Å². The first-order valence-corrected chi connectivity index (χ1v) is 12.2. The van der Waals surface area contributed by atoms with E-state index in [0.29, 0.717) is 6.42 Å². The number of rotatable bonds is 8. The minimum Gasteiger partial charge on any atom is -0.261 e. The van der Waals surface area contributed by atoms with Gasteiger partial charge in [-0.25, -0.2) is 8.42 Å². The molecule has 1 heterocycles. The summed E-state index contributed by atoms with van der Waals surface area (Å²) in [6, 6.07) is 16.8. The second-order valence-corrected chi connectivity index (χ2v) is 11.1. The van der Waals surface area contributed by atoms with Crippen LogP contribution in [0.25, 0.3) is 0 Å². The summed E-state index contributed by atoms with van der Waals surface area (Å²) in [4.78, 5) is 14.7. The van der Waals surface area contributed by atoms with Crippen LogP contribution in [-0.2, 0) is 28.4 Å². The van der Waals surface area contributed by atoms with Crippen LogP contribution in [0.5, 0.6) is 0 Å². The highest BCUT2D eigenvalue weighted by Crippen LogP contribution is 2.29. The highest BCUT2D eigenvalue weighted by Gasteiger charge is 2.28. The fourth-order valence-corrected chi connectivity index (χ4v) is 4.96. The van der Waals surface area contributed by atoms with Gasteiger partial charge in [-0.15, -0.1) is 0 Å². The van der Waals surface area contributed by atoms with Crippen molar-refractivity contribution in [1.82, 2.24) is 9.29 Å². The summed E-state index contributed by atoms with van der Waals surface area (Å²) in [5.41, 5.74) is 2.24. The van der Waals surface area contributed by atoms with E-state index in [9.17, 15) is 18.5 Å². The molecule has 0 atom stereocenters. The molecule has 0 saturated carbocycles. The zero-order valence-electron chi connectivity index (χ0n) is 18.7. The zero-order valence-corrected chi connectivity index (χ0v) is 20.3. The summed E-state index contributed by atoms with van der Waals surface area (Å²) in [7, 11) is -4.04. The van der Waals surface area contributed by atoms with Crippen molar-refractivity contribution in [3.05, 3.63) is 98.8 Å². The van der Waals surface area contributed by atoms with E-state index >= 15 is 0 Å². The second-order valence-electron chi connectivity index (χ2n) is 8.73. The molecule has 1 aromatic heterocycles. The average molecular weight is 488 g/mol. The first-order valence-electron chi connectivity index (χ1n) is 10.4. The maximum absolute atomic E-state index is 13.5. The van der Waals surface area contributed by atoms with Crippen LogP contribution >= 0.6 is 11.6 Å². The molecule has 0 amide bonds. The summed E-state index contributed by atoms with van der Waals surface area (Å²) >= 11 is 5.89. The molecule has 7 nitrogen and oxygen atoms in total. The monoisotopic (exact) mass is 487 g/mol. The van der Waals surface area contributed by atoms with Gasteiger partial charge in [-0.3, -0.25) is 15.1 Å². The van der Waals surface area contributed by atoms with Crippen molar-refractivity contribution in [2.75, 3.05) is 6.54 Å². The Balaban J connectivity index is 1.95. The van der Waals surface area contributed by atoms with Crippen LogP contribution in [0.4, 0.5) is 5.69 Å². The van der Waals surface area contributed by atoms with Crippen molar-refractivity contribution in [2.45, 2.75) is 44.0 Å². The van der Waals surface area contributed by atoms with Crippen molar-refractivity contribution < 1.29 is 13.3 Å². The number of pyridine rings is 1. The Morgan fingerprint density at radius 1 is 1.06 bits per heavy atom. The first kappa shape index (κ1) is 24.8. The Labute approximate surface area is 199 Å². The lowest BCUT2D eigenvalue weighted by molar-refractivity contribution is -0.384. The molecule has 174 valence electrons. The summed E-state index contributed by atoms with van der Waals surface area (Å²) in [6.45, 7) is 6.62. The predicted molar refractivity (Wildman–Crippen MR) is 129 cm³/mol. The smallest absolute Gasteiger partial charge is 0.261 e. The summed E-state index contributed by atoms with van der Waals surface area (Å²) < 4.78 is 28.3. The summed E-state index contributed by atoms with van der Waals surface area (Å²) in [6.07, 6.45) is 2.05. The van der Waals surface area contributed by atoms with E-state index in [1.165, 1.54) is 16.4 Å². The molecule has 0 aliphatic heterocycles. The number of sulfonamides is 1. The van der Waals surface area contributed by atoms with Crippen LogP contribution in [0.1, 0.15) is 37.6 Å². The fourth-order valence-electron chi connectivity index (χ4n) is 3.33. The molecule has 0 aliphatic carbocycles. The van der Waals surface area contributed by atoms with E-state index in [4.69, 9.17) is 11.6 Å². The molecule has 0 N–H and O–H groups in total. The van der Waals surface area contributed by atoms with Gasteiger partial charge in [-0.05, 0) is 40.8 Å². The van der Waals surface area contributed by atoms with Gasteiger partial charge in [0.2, 0.25) is 10.0 Å². The average Bonchev–Trinajstić information content (AvgIpc) is 2.77. The van der Waals surface area contributed by atoms with Gasteiger partial charge in [0, 0.05) is 37.5 Å². The topological polar surface area (TPSA) is 93.4 Å². The first-order chi connectivity index (χ1) is 15.5. The largest absolute Gasteiger partial charge is 0.289 e. The lowest BCUT2D eigenvalue weighted by atomic mass is 9.87.